The highest BCUT2D eigenvalue weighted by Gasteiger charge is 2.12. The highest BCUT2D eigenvalue weighted by molar-refractivity contribution is 6.31. The number of nitrogens with zero attached hydrogens (tertiary/aromatic N) is 1. The number of nitrogens with one attached hydrogen (secondary N) is 2. The van der Waals surface area contributed by atoms with Crippen LogP contribution in [-0.4, -0.2) is 31.0 Å². The standard InChI is InChI=1S/C16H16ClN3O4/c1-24-15-7-2-11(17)10-14(15)16(21)19-9-8-18-12-3-5-13(6-4-12)20(22)23/h2-7,10,18H,8-9H2,1H3,(H,19,21). The number of hydrogen-bond donors (Lipinski definition) is 2. The lowest BCUT2D eigenvalue weighted by Gasteiger charge is -2.10. The summed E-state index contributed by atoms with van der Waals surface area (Å²) in [5, 5.41) is 16.8. The number of methoxy groups -OCH3 is 1. The van der Waals surface area contributed by atoms with E-state index in [1.54, 1.807) is 30.3 Å². The van der Waals surface area contributed by atoms with Gasteiger partial charge in [-0.2, -0.15) is 0 Å². The molecule has 0 fully saturated rings. The molecule has 2 rings (SSSR count). The lowest BCUT2D eigenvalue weighted by Crippen LogP contribution is -2.29. The Morgan fingerprint density at radius 2 is 1.92 bits per heavy atom. The first-order chi connectivity index (χ1) is 11.5. The normalized spacial score (nSPS) is 10.1. The molecule has 0 aliphatic rings. The number of anilines is 1. The van der Waals surface area contributed by atoms with Gasteiger partial charge in [0.2, 0.25) is 0 Å². The molecule has 0 aliphatic carbocycles. The lowest BCUT2D eigenvalue weighted by molar-refractivity contribution is -0.384. The molecule has 0 saturated heterocycles. The number of amides is 1. The number of nitro groups is 1. The highest BCUT2D eigenvalue weighted by atomic mass is 35.5. The predicted octanol–water partition coefficient (Wildman–Crippen LogP) is 3.10. The summed E-state index contributed by atoms with van der Waals surface area (Å²) >= 11 is 5.90. The summed E-state index contributed by atoms with van der Waals surface area (Å²) in [5.41, 5.74) is 1.12. The van der Waals surface area contributed by atoms with Gasteiger partial charge in [-0.25, -0.2) is 0 Å². The van der Waals surface area contributed by atoms with E-state index in [1.807, 2.05) is 0 Å². The third-order valence-electron chi connectivity index (χ3n) is 3.22. The molecular weight excluding hydrogens is 334 g/mol. The highest BCUT2D eigenvalue weighted by Crippen LogP contribution is 2.22. The Bertz CT molecular complexity index is 735. The van der Waals surface area contributed by atoms with E-state index in [0.29, 0.717) is 29.4 Å². The fraction of sp³-hybridized carbons (Fsp3) is 0.188. The predicted molar refractivity (Wildman–Crippen MR) is 91.9 cm³/mol. The van der Waals surface area contributed by atoms with Crippen LogP contribution in [0.5, 0.6) is 5.75 Å². The number of benzene rings is 2. The molecule has 2 N–H and O–H groups in total. The molecule has 2 aromatic carbocycles. The zero-order valence-electron chi connectivity index (χ0n) is 12.9. The molecule has 8 heteroatoms. The average Bonchev–Trinajstić information content (AvgIpc) is 2.58. The van der Waals surface area contributed by atoms with Crippen molar-refractivity contribution >= 4 is 28.9 Å². The number of ether oxygens (including phenoxy) is 1. The SMILES string of the molecule is COc1ccc(Cl)cc1C(=O)NCCNc1ccc([N+](=O)[O-])cc1. The van der Waals surface area contributed by atoms with Crippen LogP contribution >= 0.6 is 11.6 Å². The first kappa shape index (κ1) is 17.6. The number of non-ortho nitro benzene ring substituents is 1. The second-order valence-corrected chi connectivity index (χ2v) is 5.27. The van der Waals surface area contributed by atoms with Gasteiger partial charge in [0.1, 0.15) is 5.75 Å². The van der Waals surface area contributed by atoms with Crippen LogP contribution < -0.4 is 15.4 Å². The first-order valence-electron chi connectivity index (χ1n) is 7.11. The minimum absolute atomic E-state index is 0.0295. The van der Waals surface area contributed by atoms with Crippen LogP contribution in [0.15, 0.2) is 42.5 Å². The van der Waals surface area contributed by atoms with Crippen molar-refractivity contribution in [2.75, 3.05) is 25.5 Å². The first-order valence-corrected chi connectivity index (χ1v) is 7.49. The van der Waals surface area contributed by atoms with E-state index in [2.05, 4.69) is 10.6 Å². The maximum Gasteiger partial charge on any atom is 0.269 e. The van der Waals surface area contributed by atoms with Crippen molar-refractivity contribution < 1.29 is 14.5 Å². The summed E-state index contributed by atoms with van der Waals surface area (Å²) in [6.07, 6.45) is 0. The minimum Gasteiger partial charge on any atom is -0.496 e. The van der Waals surface area contributed by atoms with Crippen LogP contribution in [0.2, 0.25) is 5.02 Å². The van der Waals surface area contributed by atoms with E-state index in [9.17, 15) is 14.9 Å². The number of halogens is 1. The smallest absolute Gasteiger partial charge is 0.269 e. The molecule has 0 heterocycles. The van der Waals surface area contributed by atoms with Gasteiger partial charge in [0.15, 0.2) is 0 Å². The second kappa shape index (κ2) is 8.16. The maximum absolute atomic E-state index is 12.2. The van der Waals surface area contributed by atoms with Gasteiger partial charge in [-0.15, -0.1) is 0 Å². The topological polar surface area (TPSA) is 93.5 Å². The van der Waals surface area contributed by atoms with Crippen LogP contribution in [0, 0.1) is 10.1 Å². The third kappa shape index (κ3) is 4.60. The van der Waals surface area contributed by atoms with Gasteiger partial charge in [0.05, 0.1) is 17.6 Å². The summed E-state index contributed by atoms with van der Waals surface area (Å²) in [6, 6.07) is 10.9. The molecule has 0 spiro atoms. The van der Waals surface area contributed by atoms with E-state index in [-0.39, 0.29) is 11.6 Å². The fourth-order valence-electron chi connectivity index (χ4n) is 2.04. The zero-order valence-corrected chi connectivity index (χ0v) is 13.7. The van der Waals surface area contributed by atoms with E-state index in [0.717, 1.165) is 5.69 Å². The molecule has 0 aliphatic heterocycles. The zero-order chi connectivity index (χ0) is 17.5. The fourth-order valence-corrected chi connectivity index (χ4v) is 2.21. The molecule has 126 valence electrons. The summed E-state index contributed by atoms with van der Waals surface area (Å²) < 4.78 is 5.14. The summed E-state index contributed by atoms with van der Waals surface area (Å²) in [7, 11) is 1.48. The van der Waals surface area contributed by atoms with Gasteiger partial charge in [-0.05, 0) is 30.3 Å². The maximum atomic E-state index is 12.2. The van der Waals surface area contributed by atoms with Gasteiger partial charge < -0.3 is 15.4 Å². The minimum atomic E-state index is -0.456. The Morgan fingerprint density at radius 1 is 1.21 bits per heavy atom. The van der Waals surface area contributed by atoms with Gasteiger partial charge in [-0.1, -0.05) is 11.6 Å². The van der Waals surface area contributed by atoms with Crippen LogP contribution in [0.4, 0.5) is 11.4 Å². The van der Waals surface area contributed by atoms with Crippen LogP contribution in [-0.2, 0) is 0 Å². The van der Waals surface area contributed by atoms with Gasteiger partial charge >= 0.3 is 0 Å². The average molecular weight is 350 g/mol. The summed E-state index contributed by atoms with van der Waals surface area (Å²) in [6.45, 7) is 0.831. The second-order valence-electron chi connectivity index (χ2n) is 4.83. The van der Waals surface area contributed by atoms with Crippen LogP contribution in [0.3, 0.4) is 0 Å². The molecule has 0 unspecified atom stereocenters. The van der Waals surface area contributed by atoms with Crippen molar-refractivity contribution in [2.24, 2.45) is 0 Å². The van der Waals surface area contributed by atoms with Crippen molar-refractivity contribution in [2.45, 2.75) is 0 Å². The third-order valence-corrected chi connectivity index (χ3v) is 3.46. The monoisotopic (exact) mass is 349 g/mol. The Balaban J connectivity index is 1.85. The van der Waals surface area contributed by atoms with E-state index in [4.69, 9.17) is 16.3 Å². The van der Waals surface area contributed by atoms with Crippen molar-refractivity contribution in [3.05, 3.63) is 63.2 Å². The number of hydrogen-bond acceptors (Lipinski definition) is 5. The van der Waals surface area contributed by atoms with Crippen molar-refractivity contribution in [3.8, 4) is 5.75 Å². The quantitative estimate of drug-likeness (QED) is 0.455. The van der Waals surface area contributed by atoms with E-state index >= 15 is 0 Å². The number of carbonyl (C=O) groups excluding carboxylic acids is 1. The molecular formula is C16H16ClN3O4. The Kier molecular flexibility index (Phi) is 5.97. The Morgan fingerprint density at radius 3 is 2.54 bits per heavy atom. The molecule has 7 nitrogen and oxygen atoms in total. The summed E-state index contributed by atoms with van der Waals surface area (Å²) in [5.74, 6) is 0.153. The molecule has 0 bridgehead atoms. The van der Waals surface area contributed by atoms with Crippen molar-refractivity contribution in [1.82, 2.24) is 5.32 Å². The summed E-state index contributed by atoms with van der Waals surface area (Å²) in [4.78, 5) is 22.3. The molecule has 1 amide bonds. The van der Waals surface area contributed by atoms with E-state index in [1.165, 1.54) is 19.2 Å². The molecule has 0 saturated carbocycles. The molecule has 0 aromatic heterocycles. The Hall–Kier alpha value is -2.80. The Labute approximate surface area is 143 Å². The number of carbonyl (C=O) groups is 1. The van der Waals surface area contributed by atoms with Gasteiger partial charge in [0, 0.05) is 35.9 Å². The van der Waals surface area contributed by atoms with Crippen LogP contribution in [0.25, 0.3) is 0 Å². The van der Waals surface area contributed by atoms with E-state index < -0.39 is 4.92 Å². The van der Waals surface area contributed by atoms with Gasteiger partial charge in [-0.3, -0.25) is 14.9 Å². The lowest BCUT2D eigenvalue weighted by atomic mass is 10.2. The molecule has 2 aromatic rings. The van der Waals surface area contributed by atoms with Gasteiger partial charge in [0.25, 0.3) is 11.6 Å². The number of rotatable bonds is 7. The molecule has 0 atom stereocenters. The van der Waals surface area contributed by atoms with Crippen molar-refractivity contribution in [3.63, 3.8) is 0 Å². The molecule has 0 radical (unpaired) electrons. The largest absolute Gasteiger partial charge is 0.496 e. The molecule has 24 heavy (non-hydrogen) atoms. The number of nitro benzene ring substituents is 1. The van der Waals surface area contributed by atoms with Crippen LogP contribution in [0.1, 0.15) is 10.4 Å². The van der Waals surface area contributed by atoms with Crippen molar-refractivity contribution in [1.29, 1.82) is 0 Å².